The number of thiophene rings is 1. The first-order valence-corrected chi connectivity index (χ1v) is 20.6. The largest absolute Gasteiger partial charge is 0.310 e. The molecule has 0 N–H and O–H groups in total. The van der Waals surface area contributed by atoms with E-state index in [4.69, 9.17) is 0 Å². The molecule has 0 aliphatic carbocycles. The summed E-state index contributed by atoms with van der Waals surface area (Å²) in [5, 5.41) is 7.57. The van der Waals surface area contributed by atoms with E-state index in [1.165, 1.54) is 80.6 Å². The van der Waals surface area contributed by atoms with Gasteiger partial charge in [0.1, 0.15) is 0 Å². The highest BCUT2D eigenvalue weighted by atomic mass is 32.1. The third-order valence-electron chi connectivity index (χ3n) is 11.7. The highest BCUT2D eigenvalue weighted by Crippen LogP contribution is 2.43. The van der Waals surface area contributed by atoms with Gasteiger partial charge in [0.2, 0.25) is 0 Å². The molecular formula is C54H35N3S. The van der Waals surface area contributed by atoms with Crippen molar-refractivity contribution in [1.82, 2.24) is 9.13 Å². The Bertz CT molecular complexity index is 3520. The number of rotatable bonds is 6. The standard InChI is InChI=1S/C54H35N3S/c1-3-14-38(15-4-1)55(42-28-31-54-48(35-42)45-22-9-12-25-53(45)58-54)40-18-13-19-41(34-40)57-50-24-11-8-21-44(50)47-33-37(27-30-52(47)57)36-26-29-51-46(32-36)43-20-7-10-23-49(43)56(51)39-16-5-2-6-17-39/h1-35H. The summed E-state index contributed by atoms with van der Waals surface area (Å²) in [6, 6.07) is 77.4. The molecule has 272 valence electrons. The van der Waals surface area contributed by atoms with E-state index in [1.54, 1.807) is 0 Å². The summed E-state index contributed by atoms with van der Waals surface area (Å²) in [4.78, 5) is 2.38. The first-order valence-electron chi connectivity index (χ1n) is 19.8. The normalized spacial score (nSPS) is 11.8. The molecule has 0 radical (unpaired) electrons. The molecule has 0 atom stereocenters. The fourth-order valence-electron chi connectivity index (χ4n) is 9.09. The molecule has 3 aromatic heterocycles. The Morgan fingerprint density at radius 3 is 1.48 bits per heavy atom. The molecule has 12 rings (SSSR count). The lowest BCUT2D eigenvalue weighted by molar-refractivity contribution is 1.17. The van der Waals surface area contributed by atoms with Crippen LogP contribution in [0.4, 0.5) is 17.1 Å². The summed E-state index contributed by atoms with van der Waals surface area (Å²) in [6.45, 7) is 0. The number of anilines is 3. The molecule has 0 spiro atoms. The maximum atomic E-state index is 2.42. The van der Waals surface area contributed by atoms with Gasteiger partial charge in [-0.2, -0.15) is 0 Å². The minimum atomic E-state index is 1.10. The first kappa shape index (κ1) is 32.8. The topological polar surface area (TPSA) is 13.1 Å². The predicted octanol–water partition coefficient (Wildman–Crippen LogP) is 15.4. The minimum Gasteiger partial charge on any atom is -0.310 e. The van der Waals surface area contributed by atoms with Crippen molar-refractivity contribution in [2.75, 3.05) is 4.90 Å². The van der Waals surface area contributed by atoms with E-state index in [0.717, 1.165) is 22.7 Å². The number of fused-ring (bicyclic) bond motifs is 9. The van der Waals surface area contributed by atoms with Crippen LogP contribution in [0.15, 0.2) is 212 Å². The van der Waals surface area contributed by atoms with Crippen molar-refractivity contribution in [3.63, 3.8) is 0 Å². The Kier molecular flexibility index (Phi) is 7.40. The smallest absolute Gasteiger partial charge is 0.0541 e. The van der Waals surface area contributed by atoms with Crippen LogP contribution in [-0.4, -0.2) is 9.13 Å². The van der Waals surface area contributed by atoms with E-state index in [-0.39, 0.29) is 0 Å². The molecule has 3 heterocycles. The summed E-state index contributed by atoms with van der Waals surface area (Å²) in [5.74, 6) is 0. The van der Waals surface area contributed by atoms with E-state index >= 15 is 0 Å². The first-order chi connectivity index (χ1) is 28.8. The number of para-hydroxylation sites is 4. The molecule has 12 aromatic rings. The van der Waals surface area contributed by atoms with Crippen LogP contribution in [0.1, 0.15) is 0 Å². The fraction of sp³-hybridized carbons (Fsp3) is 0. The van der Waals surface area contributed by atoms with Crippen molar-refractivity contribution in [3.05, 3.63) is 212 Å². The van der Waals surface area contributed by atoms with E-state index in [9.17, 15) is 0 Å². The molecule has 0 aliphatic rings. The zero-order valence-corrected chi connectivity index (χ0v) is 32.3. The van der Waals surface area contributed by atoms with Gasteiger partial charge >= 0.3 is 0 Å². The molecule has 0 fully saturated rings. The van der Waals surface area contributed by atoms with Crippen molar-refractivity contribution in [2.24, 2.45) is 0 Å². The SMILES string of the molecule is c1ccc(N(c2cccc(-n3c4ccccc4c4cc(-c5ccc6c(c5)c5ccccc5n6-c5ccccc5)ccc43)c2)c2ccc3sc4ccccc4c3c2)cc1. The highest BCUT2D eigenvalue weighted by molar-refractivity contribution is 7.25. The van der Waals surface area contributed by atoms with Gasteiger partial charge in [0.05, 0.1) is 22.1 Å². The lowest BCUT2D eigenvalue weighted by Gasteiger charge is -2.26. The Morgan fingerprint density at radius 1 is 0.293 bits per heavy atom. The van der Waals surface area contributed by atoms with Gasteiger partial charge in [-0.1, -0.05) is 109 Å². The van der Waals surface area contributed by atoms with Crippen LogP contribution in [0.2, 0.25) is 0 Å². The van der Waals surface area contributed by atoms with E-state index in [1.807, 2.05) is 11.3 Å². The maximum Gasteiger partial charge on any atom is 0.0541 e. The molecule has 0 saturated heterocycles. The van der Waals surface area contributed by atoms with Gasteiger partial charge < -0.3 is 14.0 Å². The van der Waals surface area contributed by atoms with Crippen molar-refractivity contribution < 1.29 is 0 Å². The zero-order valence-electron chi connectivity index (χ0n) is 31.5. The van der Waals surface area contributed by atoms with Crippen molar-refractivity contribution in [3.8, 4) is 22.5 Å². The van der Waals surface area contributed by atoms with Crippen LogP contribution >= 0.6 is 11.3 Å². The zero-order chi connectivity index (χ0) is 38.2. The van der Waals surface area contributed by atoms with Crippen LogP contribution < -0.4 is 4.90 Å². The van der Waals surface area contributed by atoms with Gasteiger partial charge in [0.25, 0.3) is 0 Å². The van der Waals surface area contributed by atoms with Crippen molar-refractivity contribution in [2.45, 2.75) is 0 Å². The Hall–Kier alpha value is -7.40. The van der Waals surface area contributed by atoms with E-state index < -0.39 is 0 Å². The molecule has 0 amide bonds. The molecule has 0 bridgehead atoms. The third-order valence-corrected chi connectivity index (χ3v) is 12.8. The summed E-state index contributed by atoms with van der Waals surface area (Å²) in [7, 11) is 0. The van der Waals surface area contributed by atoms with E-state index in [0.29, 0.717) is 0 Å². The Balaban J connectivity index is 1.00. The summed E-state index contributed by atoms with van der Waals surface area (Å²) >= 11 is 1.85. The highest BCUT2D eigenvalue weighted by Gasteiger charge is 2.19. The Labute approximate surface area is 339 Å². The molecular weight excluding hydrogens is 723 g/mol. The van der Waals surface area contributed by atoms with Crippen molar-refractivity contribution in [1.29, 1.82) is 0 Å². The second kappa shape index (κ2) is 13.1. The molecule has 9 aromatic carbocycles. The molecule has 0 saturated carbocycles. The third kappa shape index (κ3) is 5.12. The molecule has 58 heavy (non-hydrogen) atoms. The maximum absolute atomic E-state index is 2.42. The average Bonchev–Trinajstić information content (AvgIpc) is 3.94. The summed E-state index contributed by atoms with van der Waals surface area (Å²) in [5.41, 5.74) is 12.9. The number of aromatic nitrogens is 2. The number of benzene rings is 9. The summed E-state index contributed by atoms with van der Waals surface area (Å²) < 4.78 is 7.41. The molecule has 0 aliphatic heterocycles. The van der Waals surface area contributed by atoms with Gasteiger partial charge in [-0.25, -0.2) is 0 Å². The lowest BCUT2D eigenvalue weighted by Crippen LogP contribution is -2.10. The predicted molar refractivity (Wildman–Crippen MR) is 248 cm³/mol. The quantitative estimate of drug-likeness (QED) is 0.165. The number of hydrogen-bond acceptors (Lipinski definition) is 2. The molecule has 0 unspecified atom stereocenters. The monoisotopic (exact) mass is 757 g/mol. The number of nitrogens with zero attached hydrogens (tertiary/aromatic N) is 3. The van der Waals surface area contributed by atoms with Crippen LogP contribution in [-0.2, 0) is 0 Å². The Morgan fingerprint density at radius 2 is 0.793 bits per heavy atom. The summed E-state index contributed by atoms with van der Waals surface area (Å²) in [6.07, 6.45) is 0. The molecule has 4 heteroatoms. The van der Waals surface area contributed by atoms with Crippen molar-refractivity contribution >= 4 is 92.2 Å². The fourth-order valence-corrected chi connectivity index (χ4v) is 10.2. The van der Waals surface area contributed by atoms with Gasteiger partial charge in [-0.05, 0) is 114 Å². The minimum absolute atomic E-state index is 1.10. The van der Waals surface area contributed by atoms with Crippen LogP contribution in [0.5, 0.6) is 0 Å². The van der Waals surface area contributed by atoms with E-state index in [2.05, 4.69) is 226 Å². The average molecular weight is 758 g/mol. The number of hydrogen-bond donors (Lipinski definition) is 0. The van der Waals surface area contributed by atoms with Crippen LogP contribution in [0, 0.1) is 0 Å². The van der Waals surface area contributed by atoms with Gasteiger partial charge in [-0.3, -0.25) is 0 Å². The lowest BCUT2D eigenvalue weighted by atomic mass is 10.0. The second-order valence-corrected chi connectivity index (χ2v) is 16.1. The van der Waals surface area contributed by atoms with Gasteiger partial charge in [0, 0.05) is 70.2 Å². The van der Waals surface area contributed by atoms with Gasteiger partial charge in [0.15, 0.2) is 0 Å². The molecule has 3 nitrogen and oxygen atoms in total. The van der Waals surface area contributed by atoms with Crippen LogP contribution in [0.3, 0.4) is 0 Å². The van der Waals surface area contributed by atoms with Gasteiger partial charge in [-0.15, -0.1) is 11.3 Å². The second-order valence-electron chi connectivity index (χ2n) is 15.0. The van der Waals surface area contributed by atoms with Crippen LogP contribution in [0.25, 0.3) is 86.3 Å².